The second-order valence-corrected chi connectivity index (χ2v) is 5.66. The van der Waals surface area contributed by atoms with Gasteiger partial charge in [-0.25, -0.2) is 0 Å². The molecule has 1 fully saturated rings. The van der Waals surface area contributed by atoms with Gasteiger partial charge < -0.3 is 14.8 Å². The second kappa shape index (κ2) is 5.24. The molecule has 1 amide bonds. The Balaban J connectivity index is 1.82. The molecule has 1 aromatic carbocycles. The zero-order valence-electron chi connectivity index (χ0n) is 11.6. The number of benzene rings is 1. The molecule has 1 heterocycles. The van der Waals surface area contributed by atoms with Gasteiger partial charge in [0.25, 0.3) is 5.91 Å². The third-order valence-electron chi connectivity index (χ3n) is 4.08. The fourth-order valence-electron chi connectivity index (χ4n) is 3.08. The van der Waals surface area contributed by atoms with Crippen LogP contribution in [0.4, 0.5) is 0 Å². The standard InChI is InChI=1S/C16H17NO4/c18-14(19)10-16(7-3-4-8-16)17-15(20)13-9-11-5-1-2-6-12(11)21-13/h1-2,5-6,9H,3-4,7-8,10H2,(H,17,20)(H,18,19). The van der Waals surface area contributed by atoms with Gasteiger partial charge in [-0.3, -0.25) is 9.59 Å². The lowest BCUT2D eigenvalue weighted by Crippen LogP contribution is -2.47. The first-order valence-electron chi connectivity index (χ1n) is 7.11. The first-order valence-corrected chi connectivity index (χ1v) is 7.11. The van der Waals surface area contributed by atoms with Crippen molar-refractivity contribution in [3.8, 4) is 0 Å². The average Bonchev–Trinajstić information content (AvgIpc) is 3.04. The van der Waals surface area contributed by atoms with Crippen molar-refractivity contribution in [1.82, 2.24) is 5.32 Å². The molecule has 1 saturated carbocycles. The van der Waals surface area contributed by atoms with Gasteiger partial charge in [0.2, 0.25) is 0 Å². The fraction of sp³-hybridized carbons (Fsp3) is 0.375. The predicted molar refractivity (Wildman–Crippen MR) is 77.1 cm³/mol. The highest BCUT2D eigenvalue weighted by molar-refractivity contribution is 5.96. The van der Waals surface area contributed by atoms with Crippen LogP contribution in [0.25, 0.3) is 11.0 Å². The molecule has 0 unspecified atom stereocenters. The van der Waals surface area contributed by atoms with Crippen LogP contribution in [0, 0.1) is 0 Å². The Morgan fingerprint density at radius 3 is 2.62 bits per heavy atom. The molecule has 3 rings (SSSR count). The normalized spacial score (nSPS) is 17.0. The highest BCUT2D eigenvalue weighted by atomic mass is 16.4. The van der Waals surface area contributed by atoms with Crippen molar-refractivity contribution < 1.29 is 19.1 Å². The Labute approximate surface area is 121 Å². The SMILES string of the molecule is O=C(O)CC1(NC(=O)c2cc3ccccc3o2)CCCC1. The number of carbonyl (C=O) groups excluding carboxylic acids is 1. The Morgan fingerprint density at radius 2 is 1.95 bits per heavy atom. The number of amides is 1. The van der Waals surface area contributed by atoms with E-state index in [-0.39, 0.29) is 18.1 Å². The smallest absolute Gasteiger partial charge is 0.305 e. The van der Waals surface area contributed by atoms with E-state index in [0.29, 0.717) is 18.4 Å². The summed E-state index contributed by atoms with van der Waals surface area (Å²) in [5, 5.41) is 12.8. The largest absolute Gasteiger partial charge is 0.481 e. The molecular formula is C16H17NO4. The van der Waals surface area contributed by atoms with Gasteiger partial charge in [-0.2, -0.15) is 0 Å². The average molecular weight is 287 g/mol. The van der Waals surface area contributed by atoms with E-state index < -0.39 is 11.5 Å². The van der Waals surface area contributed by atoms with Crippen molar-refractivity contribution in [3.05, 3.63) is 36.1 Å². The highest BCUT2D eigenvalue weighted by Gasteiger charge is 2.38. The number of hydrogen-bond donors (Lipinski definition) is 2. The molecule has 0 aliphatic heterocycles. The number of hydrogen-bond acceptors (Lipinski definition) is 3. The number of carboxylic acids is 1. The van der Waals surface area contributed by atoms with E-state index in [1.807, 2.05) is 18.2 Å². The lowest BCUT2D eigenvalue weighted by atomic mass is 9.93. The van der Waals surface area contributed by atoms with Crippen LogP contribution in [-0.2, 0) is 4.79 Å². The Hall–Kier alpha value is -2.30. The summed E-state index contributed by atoms with van der Waals surface area (Å²) in [4.78, 5) is 23.4. The molecule has 0 atom stereocenters. The van der Waals surface area contributed by atoms with Crippen molar-refractivity contribution in [2.75, 3.05) is 0 Å². The first kappa shape index (κ1) is 13.7. The summed E-state index contributed by atoms with van der Waals surface area (Å²) >= 11 is 0. The number of nitrogens with one attached hydrogen (secondary N) is 1. The summed E-state index contributed by atoms with van der Waals surface area (Å²) in [5.41, 5.74) is 0.0170. The van der Waals surface area contributed by atoms with Gasteiger partial charge in [0.05, 0.1) is 12.0 Å². The van der Waals surface area contributed by atoms with Crippen LogP contribution in [0.5, 0.6) is 0 Å². The quantitative estimate of drug-likeness (QED) is 0.906. The zero-order chi connectivity index (χ0) is 14.9. The van der Waals surface area contributed by atoms with Gasteiger partial charge in [-0.1, -0.05) is 31.0 Å². The maximum Gasteiger partial charge on any atom is 0.305 e. The van der Waals surface area contributed by atoms with Gasteiger partial charge in [0, 0.05) is 5.39 Å². The third-order valence-corrected chi connectivity index (χ3v) is 4.08. The van der Waals surface area contributed by atoms with Crippen LogP contribution < -0.4 is 5.32 Å². The van der Waals surface area contributed by atoms with Crippen molar-refractivity contribution in [3.63, 3.8) is 0 Å². The highest BCUT2D eigenvalue weighted by Crippen LogP contribution is 2.33. The molecule has 0 bridgehead atoms. The topological polar surface area (TPSA) is 79.5 Å². The molecular weight excluding hydrogens is 270 g/mol. The molecule has 5 nitrogen and oxygen atoms in total. The summed E-state index contributed by atoms with van der Waals surface area (Å²) in [5.74, 6) is -0.996. The van der Waals surface area contributed by atoms with Gasteiger partial charge in [-0.05, 0) is 25.0 Å². The monoisotopic (exact) mass is 287 g/mol. The van der Waals surface area contributed by atoms with Gasteiger partial charge in [0.1, 0.15) is 5.58 Å². The summed E-state index contributed by atoms with van der Waals surface area (Å²) in [6.45, 7) is 0. The molecule has 0 radical (unpaired) electrons. The molecule has 0 spiro atoms. The number of furan rings is 1. The summed E-state index contributed by atoms with van der Waals surface area (Å²) in [6.07, 6.45) is 3.23. The van der Waals surface area contributed by atoms with E-state index in [1.165, 1.54) is 0 Å². The lowest BCUT2D eigenvalue weighted by molar-refractivity contribution is -0.138. The minimum Gasteiger partial charge on any atom is -0.481 e. The van der Waals surface area contributed by atoms with E-state index >= 15 is 0 Å². The number of fused-ring (bicyclic) bond motifs is 1. The molecule has 21 heavy (non-hydrogen) atoms. The minimum absolute atomic E-state index is 0.0427. The number of carboxylic acid groups (broad SMARTS) is 1. The number of para-hydroxylation sites is 1. The molecule has 110 valence electrons. The minimum atomic E-state index is -0.887. The first-order chi connectivity index (χ1) is 10.1. The van der Waals surface area contributed by atoms with Gasteiger partial charge in [-0.15, -0.1) is 0 Å². The van der Waals surface area contributed by atoms with E-state index in [1.54, 1.807) is 12.1 Å². The summed E-state index contributed by atoms with van der Waals surface area (Å²) in [7, 11) is 0. The molecule has 2 aromatic rings. The van der Waals surface area contributed by atoms with E-state index in [0.717, 1.165) is 18.2 Å². The molecule has 1 aliphatic carbocycles. The van der Waals surface area contributed by atoms with Crippen molar-refractivity contribution in [2.24, 2.45) is 0 Å². The maximum absolute atomic E-state index is 12.4. The number of aliphatic carboxylic acids is 1. The van der Waals surface area contributed by atoms with E-state index in [9.17, 15) is 9.59 Å². The summed E-state index contributed by atoms with van der Waals surface area (Å²) in [6, 6.07) is 9.08. The van der Waals surface area contributed by atoms with Crippen LogP contribution >= 0.6 is 0 Å². The molecule has 5 heteroatoms. The molecule has 2 N–H and O–H groups in total. The van der Waals surface area contributed by atoms with Crippen LogP contribution in [0.1, 0.15) is 42.7 Å². The lowest BCUT2D eigenvalue weighted by Gasteiger charge is -2.28. The van der Waals surface area contributed by atoms with Crippen LogP contribution in [0.15, 0.2) is 34.7 Å². The number of rotatable bonds is 4. The fourth-order valence-corrected chi connectivity index (χ4v) is 3.08. The van der Waals surface area contributed by atoms with Crippen LogP contribution in [0.3, 0.4) is 0 Å². The molecule has 0 saturated heterocycles. The van der Waals surface area contributed by atoms with Gasteiger partial charge >= 0.3 is 5.97 Å². The zero-order valence-corrected chi connectivity index (χ0v) is 11.6. The third kappa shape index (κ3) is 2.77. The molecule has 1 aliphatic rings. The van der Waals surface area contributed by atoms with Gasteiger partial charge in [0.15, 0.2) is 5.76 Å². The van der Waals surface area contributed by atoms with Crippen molar-refractivity contribution in [2.45, 2.75) is 37.6 Å². The van der Waals surface area contributed by atoms with Crippen molar-refractivity contribution >= 4 is 22.8 Å². The Bertz CT molecular complexity index is 649. The Morgan fingerprint density at radius 1 is 1.24 bits per heavy atom. The molecule has 1 aromatic heterocycles. The maximum atomic E-state index is 12.4. The van der Waals surface area contributed by atoms with Crippen LogP contribution in [-0.4, -0.2) is 22.5 Å². The summed E-state index contributed by atoms with van der Waals surface area (Å²) < 4.78 is 5.53. The number of carbonyl (C=O) groups is 2. The van der Waals surface area contributed by atoms with Crippen molar-refractivity contribution in [1.29, 1.82) is 0 Å². The Kier molecular flexibility index (Phi) is 3.41. The van der Waals surface area contributed by atoms with Crippen LogP contribution in [0.2, 0.25) is 0 Å². The second-order valence-electron chi connectivity index (χ2n) is 5.66. The van der Waals surface area contributed by atoms with E-state index in [2.05, 4.69) is 5.32 Å². The predicted octanol–water partition coefficient (Wildman–Crippen LogP) is 2.95. The van der Waals surface area contributed by atoms with E-state index in [4.69, 9.17) is 9.52 Å².